The molecule has 21 heteroatoms. The van der Waals surface area contributed by atoms with Crippen LogP contribution in [0.3, 0.4) is 0 Å². The molecule has 0 aliphatic carbocycles. The molecule has 23 atom stereocenters. The number of rotatable bonds is 8. The van der Waals surface area contributed by atoms with Crippen LogP contribution in [0.2, 0.25) is 0 Å². The standard InChI is InChI=1S/C28H48O21/c1-6-11(31)14(34)16(36)26(43-6)47-21-10(30)5-42-25(18(21)38)46-20-8(3)45-28(49-23-13(33)9(29)4-41-24(23)40)19(39)22(20)48-27-17(37)15(35)12(32)7(2)44-27/h6-40H,4-5H2,1-3H3/t6-,7-,8-,9+,10+,11-,12-,13-,14+,15+,16+,17+,18+,19+,20-,21-,22-,23+,24+,25-,26-,27-,28-/m0/s1. The molecule has 0 spiro atoms. The Bertz CT molecular complexity index is 1060. The topological polar surface area (TPSA) is 326 Å². The van der Waals surface area contributed by atoms with Crippen molar-refractivity contribution in [3.05, 3.63) is 0 Å². The normalized spacial score (nSPS) is 56.0. The average molecular weight is 721 g/mol. The number of hydrogen-bond donors (Lipinski definition) is 12. The zero-order chi connectivity index (χ0) is 36.1. The first-order valence-electron chi connectivity index (χ1n) is 16.0. The van der Waals surface area contributed by atoms with Crippen molar-refractivity contribution in [2.24, 2.45) is 0 Å². The molecular weight excluding hydrogens is 672 g/mol. The Balaban J connectivity index is 1.36. The van der Waals surface area contributed by atoms with Gasteiger partial charge in [-0.05, 0) is 20.8 Å². The van der Waals surface area contributed by atoms with E-state index in [4.69, 9.17) is 42.6 Å². The summed E-state index contributed by atoms with van der Waals surface area (Å²) in [4.78, 5) is 0. The Morgan fingerprint density at radius 3 is 1.37 bits per heavy atom. The van der Waals surface area contributed by atoms with Crippen LogP contribution in [-0.4, -0.2) is 216 Å². The number of aliphatic hydroxyl groups excluding tert-OH is 12. The van der Waals surface area contributed by atoms with Gasteiger partial charge in [-0.1, -0.05) is 0 Å². The molecule has 0 saturated carbocycles. The Morgan fingerprint density at radius 1 is 0.367 bits per heavy atom. The first kappa shape index (κ1) is 39.4. The molecule has 12 N–H and O–H groups in total. The van der Waals surface area contributed by atoms with Gasteiger partial charge in [-0.25, -0.2) is 0 Å². The minimum Gasteiger partial charge on any atom is -0.388 e. The number of hydrogen-bond acceptors (Lipinski definition) is 21. The lowest BCUT2D eigenvalue weighted by molar-refractivity contribution is -0.395. The maximum atomic E-state index is 11.5. The predicted molar refractivity (Wildman–Crippen MR) is 150 cm³/mol. The smallest absolute Gasteiger partial charge is 0.187 e. The second kappa shape index (κ2) is 16.0. The monoisotopic (exact) mass is 720 g/mol. The summed E-state index contributed by atoms with van der Waals surface area (Å²) >= 11 is 0. The van der Waals surface area contributed by atoms with E-state index in [9.17, 15) is 61.3 Å². The molecule has 21 nitrogen and oxygen atoms in total. The summed E-state index contributed by atoms with van der Waals surface area (Å²) in [6.07, 6.45) is -36.2. The summed E-state index contributed by atoms with van der Waals surface area (Å²) < 4.78 is 50.4. The summed E-state index contributed by atoms with van der Waals surface area (Å²) in [5, 5.41) is 126. The molecule has 0 aromatic rings. The van der Waals surface area contributed by atoms with Crippen molar-refractivity contribution in [2.45, 2.75) is 162 Å². The molecule has 5 saturated heterocycles. The summed E-state index contributed by atoms with van der Waals surface area (Å²) in [6, 6.07) is 0. The van der Waals surface area contributed by atoms with E-state index in [0.29, 0.717) is 0 Å². The highest BCUT2D eigenvalue weighted by atomic mass is 16.8. The van der Waals surface area contributed by atoms with E-state index < -0.39 is 155 Å². The Morgan fingerprint density at radius 2 is 0.796 bits per heavy atom. The van der Waals surface area contributed by atoms with Crippen LogP contribution >= 0.6 is 0 Å². The third kappa shape index (κ3) is 8.07. The maximum absolute atomic E-state index is 11.5. The van der Waals surface area contributed by atoms with Gasteiger partial charge in [-0.2, -0.15) is 0 Å². The molecule has 5 heterocycles. The molecule has 286 valence electrons. The second-order valence-corrected chi connectivity index (χ2v) is 13.0. The zero-order valence-corrected chi connectivity index (χ0v) is 26.7. The molecule has 0 aromatic heterocycles. The van der Waals surface area contributed by atoms with Crippen molar-refractivity contribution < 1.29 is 104 Å². The van der Waals surface area contributed by atoms with Crippen molar-refractivity contribution >= 4 is 0 Å². The summed E-state index contributed by atoms with van der Waals surface area (Å²) in [6.45, 7) is 3.31. The fourth-order valence-electron chi connectivity index (χ4n) is 6.30. The van der Waals surface area contributed by atoms with Gasteiger partial charge in [0.25, 0.3) is 0 Å². The van der Waals surface area contributed by atoms with E-state index in [1.807, 2.05) is 0 Å². The van der Waals surface area contributed by atoms with Gasteiger partial charge in [0.15, 0.2) is 31.5 Å². The summed E-state index contributed by atoms with van der Waals surface area (Å²) in [5.74, 6) is 0. The van der Waals surface area contributed by atoms with Gasteiger partial charge < -0.3 is 104 Å². The van der Waals surface area contributed by atoms with Gasteiger partial charge in [-0.3, -0.25) is 0 Å². The van der Waals surface area contributed by atoms with Gasteiger partial charge in [0.2, 0.25) is 0 Å². The van der Waals surface area contributed by atoms with Crippen LogP contribution in [0.4, 0.5) is 0 Å². The van der Waals surface area contributed by atoms with E-state index in [2.05, 4.69) is 0 Å². The quantitative estimate of drug-likeness (QED) is 0.111. The molecule has 0 unspecified atom stereocenters. The fourth-order valence-corrected chi connectivity index (χ4v) is 6.30. The molecule has 5 rings (SSSR count). The van der Waals surface area contributed by atoms with E-state index in [1.165, 1.54) is 20.8 Å². The van der Waals surface area contributed by atoms with E-state index in [0.717, 1.165) is 0 Å². The highest BCUT2D eigenvalue weighted by molar-refractivity contribution is 4.97. The minimum absolute atomic E-state index is 0.409. The molecule has 49 heavy (non-hydrogen) atoms. The molecule has 0 radical (unpaired) electrons. The Hall–Kier alpha value is -0.840. The lowest BCUT2D eigenvalue weighted by atomic mass is 9.96. The van der Waals surface area contributed by atoms with Crippen molar-refractivity contribution in [3.8, 4) is 0 Å². The van der Waals surface area contributed by atoms with Crippen molar-refractivity contribution in [2.75, 3.05) is 13.2 Å². The maximum Gasteiger partial charge on any atom is 0.187 e. The van der Waals surface area contributed by atoms with Crippen molar-refractivity contribution in [1.82, 2.24) is 0 Å². The highest BCUT2D eigenvalue weighted by Crippen LogP contribution is 2.35. The van der Waals surface area contributed by atoms with E-state index >= 15 is 0 Å². The van der Waals surface area contributed by atoms with Gasteiger partial charge in [0.1, 0.15) is 91.6 Å². The zero-order valence-electron chi connectivity index (χ0n) is 26.7. The van der Waals surface area contributed by atoms with Gasteiger partial charge in [0.05, 0.1) is 31.5 Å². The summed E-state index contributed by atoms with van der Waals surface area (Å²) in [7, 11) is 0. The van der Waals surface area contributed by atoms with Crippen LogP contribution in [0.25, 0.3) is 0 Å². The first-order chi connectivity index (χ1) is 23.0. The van der Waals surface area contributed by atoms with Crippen LogP contribution < -0.4 is 0 Å². The number of ether oxygens (including phenoxy) is 9. The lowest BCUT2D eigenvalue weighted by Crippen LogP contribution is -2.67. The first-order valence-corrected chi connectivity index (χ1v) is 16.0. The second-order valence-electron chi connectivity index (χ2n) is 13.0. The molecule has 0 aromatic carbocycles. The van der Waals surface area contributed by atoms with Crippen molar-refractivity contribution in [1.29, 1.82) is 0 Å². The van der Waals surface area contributed by atoms with E-state index in [-0.39, 0.29) is 0 Å². The van der Waals surface area contributed by atoms with Crippen LogP contribution in [0.1, 0.15) is 20.8 Å². The molecule has 0 amide bonds. The summed E-state index contributed by atoms with van der Waals surface area (Å²) in [5.41, 5.74) is 0. The van der Waals surface area contributed by atoms with Gasteiger partial charge >= 0.3 is 0 Å². The molecule has 5 fully saturated rings. The van der Waals surface area contributed by atoms with E-state index in [1.54, 1.807) is 0 Å². The Labute approximate surface area is 279 Å². The fraction of sp³-hybridized carbons (Fsp3) is 1.00. The largest absolute Gasteiger partial charge is 0.388 e. The van der Waals surface area contributed by atoms with Crippen LogP contribution in [0.5, 0.6) is 0 Å². The van der Waals surface area contributed by atoms with Crippen LogP contribution in [0.15, 0.2) is 0 Å². The van der Waals surface area contributed by atoms with Gasteiger partial charge in [-0.15, -0.1) is 0 Å². The SMILES string of the molecule is C[C@@H]1O[C@@H](O[C@@H]2[C@@H](O)[C@H](O[C@@H]3[C@@H](O[C@@H]4O[C@@H](C)[C@H](O)[C@@H](O)[C@H]4O)[C@@H](O)[C@H](O[C@@H]4[C@@H](O)[C@H](O)CO[C@H]4O)O[C@H]3C)OC[C@H]2O)[C@H](O)[C@H](O)[C@H]1O. The molecular formula is C28H48O21. The van der Waals surface area contributed by atoms with Crippen LogP contribution in [-0.2, 0) is 42.6 Å². The highest BCUT2D eigenvalue weighted by Gasteiger charge is 2.55. The Kier molecular flexibility index (Phi) is 12.9. The lowest BCUT2D eigenvalue weighted by Gasteiger charge is -2.49. The van der Waals surface area contributed by atoms with Crippen molar-refractivity contribution in [3.63, 3.8) is 0 Å². The minimum atomic E-state index is -1.91. The van der Waals surface area contributed by atoms with Crippen LogP contribution in [0, 0.1) is 0 Å². The average Bonchev–Trinajstić information content (AvgIpc) is 3.06. The molecule has 5 aliphatic rings. The third-order valence-electron chi connectivity index (χ3n) is 9.41. The van der Waals surface area contributed by atoms with Gasteiger partial charge in [0, 0.05) is 0 Å². The molecule has 0 bridgehead atoms. The predicted octanol–water partition coefficient (Wildman–Crippen LogP) is -7.56. The number of aliphatic hydroxyl groups is 12. The molecule has 5 aliphatic heterocycles. The third-order valence-corrected chi connectivity index (χ3v) is 9.41.